The van der Waals surface area contributed by atoms with Crippen molar-refractivity contribution in [2.24, 2.45) is 0 Å². The summed E-state index contributed by atoms with van der Waals surface area (Å²) in [4.78, 5) is 25.3. The van der Waals surface area contributed by atoms with Crippen molar-refractivity contribution in [2.45, 2.75) is 37.8 Å². The molecule has 5 aromatic rings. The molecule has 0 spiro atoms. The molecule has 2 aromatic heterocycles. The van der Waals surface area contributed by atoms with Gasteiger partial charge in [0.15, 0.2) is 5.58 Å². The van der Waals surface area contributed by atoms with Crippen LogP contribution in [0.3, 0.4) is 0 Å². The number of benzene rings is 3. The highest BCUT2D eigenvalue weighted by atomic mass is 16.5. The normalized spacial score (nSPS) is 18.2. The third kappa shape index (κ3) is 4.33. The number of aromatic nitrogens is 2. The maximum atomic E-state index is 13.7. The van der Waals surface area contributed by atoms with Gasteiger partial charge in [-0.1, -0.05) is 24.3 Å². The Balaban J connectivity index is 1.21. The predicted octanol–water partition coefficient (Wildman–Crippen LogP) is 5.85. The van der Waals surface area contributed by atoms with E-state index in [1.54, 1.807) is 6.20 Å². The van der Waals surface area contributed by atoms with E-state index in [2.05, 4.69) is 34.4 Å². The molecule has 2 fully saturated rings. The van der Waals surface area contributed by atoms with Crippen molar-refractivity contribution >= 4 is 27.9 Å². The Morgan fingerprint density at radius 1 is 1.10 bits per heavy atom. The second kappa shape index (κ2) is 9.20. The fourth-order valence-corrected chi connectivity index (χ4v) is 5.48. The summed E-state index contributed by atoms with van der Waals surface area (Å²) in [5, 5.41) is 4.40. The van der Waals surface area contributed by atoms with E-state index in [-0.39, 0.29) is 5.91 Å². The van der Waals surface area contributed by atoms with Gasteiger partial charge >= 0.3 is 0 Å². The second-order valence-electron chi connectivity index (χ2n) is 10.8. The van der Waals surface area contributed by atoms with Crippen LogP contribution in [-0.2, 0) is 5.54 Å². The number of amides is 1. The van der Waals surface area contributed by atoms with Gasteiger partial charge in [0.1, 0.15) is 17.9 Å². The number of nitrogens with one attached hydrogen (secondary N) is 1. The average molecular weight is 519 g/mol. The number of carbonyl (C=O) groups excluding carboxylic acids is 1. The highest BCUT2D eigenvalue weighted by molar-refractivity contribution is 5.98. The Bertz CT molecular complexity index is 1690. The van der Waals surface area contributed by atoms with Gasteiger partial charge in [-0.3, -0.25) is 14.7 Å². The zero-order valence-electron chi connectivity index (χ0n) is 22.1. The minimum Gasteiger partial charge on any atom is -0.492 e. The van der Waals surface area contributed by atoms with Crippen LogP contribution in [0.4, 0.5) is 0 Å². The number of oxazole rings is 1. The van der Waals surface area contributed by atoms with E-state index in [1.165, 1.54) is 0 Å². The largest absolute Gasteiger partial charge is 0.492 e. The van der Waals surface area contributed by atoms with Crippen molar-refractivity contribution in [1.82, 2.24) is 20.2 Å². The quantitative estimate of drug-likeness (QED) is 0.291. The van der Waals surface area contributed by atoms with Crippen LogP contribution in [0, 0.1) is 6.92 Å². The van der Waals surface area contributed by atoms with E-state index in [4.69, 9.17) is 14.1 Å². The maximum Gasteiger partial charge on any atom is 0.252 e. The van der Waals surface area contributed by atoms with E-state index in [0.29, 0.717) is 24.1 Å². The molecule has 1 unspecified atom stereocenters. The van der Waals surface area contributed by atoms with Crippen LogP contribution in [0.5, 0.6) is 5.75 Å². The highest BCUT2D eigenvalue weighted by Crippen LogP contribution is 2.49. The van der Waals surface area contributed by atoms with Crippen LogP contribution in [-0.4, -0.2) is 47.0 Å². The first-order valence-corrected chi connectivity index (χ1v) is 13.5. The number of pyridine rings is 1. The topological polar surface area (TPSA) is 80.5 Å². The monoisotopic (exact) mass is 518 g/mol. The molecule has 1 atom stereocenters. The van der Waals surface area contributed by atoms with Crippen LogP contribution >= 0.6 is 0 Å². The van der Waals surface area contributed by atoms with Crippen molar-refractivity contribution in [2.75, 3.05) is 20.2 Å². The molecular formula is C32H30N4O3. The number of likely N-dealkylation sites (tertiary alicyclic amines) is 1. The van der Waals surface area contributed by atoms with Gasteiger partial charge < -0.3 is 14.5 Å². The van der Waals surface area contributed by atoms with Gasteiger partial charge in [0.25, 0.3) is 5.91 Å². The lowest BCUT2D eigenvalue weighted by Gasteiger charge is -2.37. The van der Waals surface area contributed by atoms with Gasteiger partial charge in [-0.15, -0.1) is 0 Å². The van der Waals surface area contributed by atoms with Gasteiger partial charge in [0.2, 0.25) is 5.89 Å². The number of para-hydroxylation sites is 2. The SMILES string of the molecule is Cc1ccc(OCC2CCN2C)cc1C(=O)NC1(c2cc(-c3nc4ccccc4o3)cc3ncccc23)CC1. The van der Waals surface area contributed by atoms with Gasteiger partial charge in [0.05, 0.1) is 11.1 Å². The van der Waals surface area contributed by atoms with Crippen LogP contribution in [0.2, 0.25) is 0 Å². The van der Waals surface area contributed by atoms with Gasteiger partial charge in [-0.25, -0.2) is 4.98 Å². The molecule has 3 aromatic carbocycles. The molecule has 3 heterocycles. The molecule has 2 aliphatic rings. The molecule has 0 bridgehead atoms. The van der Waals surface area contributed by atoms with E-state index in [9.17, 15) is 4.79 Å². The van der Waals surface area contributed by atoms with Crippen LogP contribution in [0.1, 0.15) is 40.7 Å². The Labute approximate surface area is 226 Å². The molecule has 0 radical (unpaired) electrons. The molecule has 196 valence electrons. The standard InChI is InChI=1S/C32H30N4O3/c1-20-9-10-23(38-19-22-11-15-36(22)2)18-25(20)30(37)35-32(12-13-32)26-16-21(17-28-24(26)6-5-14-33-28)31-34-27-7-3-4-8-29(27)39-31/h3-10,14,16-18,22H,11-13,15,19H2,1-2H3,(H,35,37). The summed E-state index contributed by atoms with van der Waals surface area (Å²) in [6.45, 7) is 3.70. The lowest BCUT2D eigenvalue weighted by Crippen LogP contribution is -2.48. The first-order chi connectivity index (χ1) is 19.0. The molecule has 1 aliphatic carbocycles. The number of likely N-dealkylation sites (N-methyl/N-ethyl adjacent to an activating group) is 1. The number of nitrogens with zero attached hydrogens (tertiary/aromatic N) is 3. The number of carbonyl (C=O) groups is 1. The lowest BCUT2D eigenvalue weighted by molar-refractivity contribution is 0.0767. The Morgan fingerprint density at radius 3 is 2.74 bits per heavy atom. The molecule has 1 saturated heterocycles. The van der Waals surface area contributed by atoms with E-state index >= 15 is 0 Å². The zero-order valence-corrected chi connectivity index (χ0v) is 22.1. The first kappa shape index (κ1) is 23.9. The molecule has 7 nitrogen and oxygen atoms in total. The molecular weight excluding hydrogens is 488 g/mol. The minimum atomic E-state index is -0.474. The third-order valence-electron chi connectivity index (χ3n) is 8.21. The molecule has 7 heteroatoms. The summed E-state index contributed by atoms with van der Waals surface area (Å²) in [7, 11) is 2.11. The molecule has 39 heavy (non-hydrogen) atoms. The summed E-state index contributed by atoms with van der Waals surface area (Å²) in [6.07, 6.45) is 4.63. The molecule has 1 aliphatic heterocycles. The fourth-order valence-electron chi connectivity index (χ4n) is 5.48. The van der Waals surface area contributed by atoms with E-state index < -0.39 is 5.54 Å². The molecule has 7 rings (SSSR count). The number of hydrogen-bond acceptors (Lipinski definition) is 6. The average Bonchev–Trinajstić information content (AvgIpc) is 3.59. The molecule has 1 N–H and O–H groups in total. The Hall–Kier alpha value is -4.23. The predicted molar refractivity (Wildman–Crippen MR) is 151 cm³/mol. The zero-order chi connectivity index (χ0) is 26.6. The summed E-state index contributed by atoms with van der Waals surface area (Å²) in [6, 6.07) is 22.1. The summed E-state index contributed by atoms with van der Waals surface area (Å²) < 4.78 is 12.1. The maximum absolute atomic E-state index is 13.7. The van der Waals surface area contributed by atoms with Gasteiger partial charge in [-0.2, -0.15) is 0 Å². The van der Waals surface area contributed by atoms with Crippen molar-refractivity contribution in [3.05, 3.63) is 89.6 Å². The van der Waals surface area contributed by atoms with Crippen molar-refractivity contribution < 1.29 is 13.9 Å². The number of ether oxygens (including phenoxy) is 1. The number of aryl methyl sites for hydroxylation is 1. The van der Waals surface area contributed by atoms with Gasteiger partial charge in [-0.05, 0) is 93.4 Å². The van der Waals surface area contributed by atoms with Crippen LogP contribution < -0.4 is 10.1 Å². The van der Waals surface area contributed by atoms with Crippen molar-refractivity contribution in [1.29, 1.82) is 0 Å². The van der Waals surface area contributed by atoms with E-state index in [1.807, 2.05) is 61.5 Å². The van der Waals surface area contributed by atoms with Crippen molar-refractivity contribution in [3.8, 4) is 17.2 Å². The van der Waals surface area contributed by atoms with Crippen LogP contribution in [0.15, 0.2) is 77.3 Å². The number of fused-ring (bicyclic) bond motifs is 2. The second-order valence-corrected chi connectivity index (χ2v) is 10.8. The first-order valence-electron chi connectivity index (χ1n) is 13.5. The highest BCUT2D eigenvalue weighted by Gasteiger charge is 2.47. The van der Waals surface area contributed by atoms with Crippen molar-refractivity contribution in [3.63, 3.8) is 0 Å². The molecule has 1 amide bonds. The summed E-state index contributed by atoms with van der Waals surface area (Å²) >= 11 is 0. The minimum absolute atomic E-state index is 0.0967. The summed E-state index contributed by atoms with van der Waals surface area (Å²) in [5.41, 5.74) is 5.37. The smallest absolute Gasteiger partial charge is 0.252 e. The Kier molecular flexibility index (Phi) is 5.63. The van der Waals surface area contributed by atoms with E-state index in [0.717, 1.165) is 70.2 Å². The number of hydrogen-bond donors (Lipinski definition) is 1. The Morgan fingerprint density at radius 2 is 1.97 bits per heavy atom. The fraction of sp³-hybridized carbons (Fsp3) is 0.281. The van der Waals surface area contributed by atoms with Gasteiger partial charge in [0, 0.05) is 28.8 Å². The number of rotatable bonds is 7. The molecule has 1 saturated carbocycles. The lowest BCUT2D eigenvalue weighted by atomic mass is 9.95. The van der Waals surface area contributed by atoms with Crippen LogP contribution in [0.25, 0.3) is 33.5 Å². The third-order valence-corrected chi connectivity index (χ3v) is 8.21. The summed E-state index contributed by atoms with van der Waals surface area (Å²) in [5.74, 6) is 1.17.